The van der Waals surface area contributed by atoms with E-state index in [1.54, 1.807) is 0 Å². The Bertz CT molecular complexity index is 381. The summed E-state index contributed by atoms with van der Waals surface area (Å²) in [6.07, 6.45) is 2.38. The van der Waals surface area contributed by atoms with Gasteiger partial charge in [-0.3, -0.25) is 14.4 Å². The van der Waals surface area contributed by atoms with Crippen LogP contribution in [0.25, 0.3) is 0 Å². The molecule has 0 saturated heterocycles. The molecule has 3 atom stereocenters. The Hall–Kier alpha value is -1.59. The van der Waals surface area contributed by atoms with Crippen LogP contribution in [0, 0.1) is 17.8 Å². The molecular formula is C14H24N2O4. The zero-order valence-corrected chi connectivity index (χ0v) is 12.3. The number of nitrogens with one attached hydrogen (secondary N) is 2. The minimum Gasteiger partial charge on any atom is -0.481 e. The highest BCUT2D eigenvalue weighted by Crippen LogP contribution is 2.32. The van der Waals surface area contributed by atoms with Crippen molar-refractivity contribution in [2.75, 3.05) is 7.05 Å². The summed E-state index contributed by atoms with van der Waals surface area (Å²) in [5.41, 5.74) is 0. The first-order chi connectivity index (χ1) is 9.36. The molecule has 0 heterocycles. The Balaban J connectivity index is 2.70. The third-order valence-corrected chi connectivity index (χ3v) is 3.76. The average Bonchev–Trinajstić information content (AvgIpc) is 2.85. The molecule has 3 unspecified atom stereocenters. The van der Waals surface area contributed by atoms with E-state index in [9.17, 15) is 14.4 Å². The zero-order chi connectivity index (χ0) is 15.3. The number of carboxylic acid groups (broad SMARTS) is 1. The number of rotatable bonds is 6. The first kappa shape index (κ1) is 16.5. The quantitative estimate of drug-likeness (QED) is 0.671. The minimum atomic E-state index is -0.928. The van der Waals surface area contributed by atoms with Gasteiger partial charge in [0, 0.05) is 7.05 Å². The Morgan fingerprint density at radius 1 is 1.20 bits per heavy atom. The van der Waals surface area contributed by atoms with Crippen molar-refractivity contribution >= 4 is 17.8 Å². The number of amides is 2. The number of aliphatic carboxylic acids is 1. The van der Waals surface area contributed by atoms with Crippen LogP contribution in [0.4, 0.5) is 0 Å². The van der Waals surface area contributed by atoms with E-state index < -0.39 is 23.8 Å². The second kappa shape index (κ2) is 7.26. The van der Waals surface area contributed by atoms with Gasteiger partial charge in [0.15, 0.2) is 0 Å². The number of hydrogen-bond acceptors (Lipinski definition) is 3. The SMILES string of the molecule is CNC(=O)C(CC(C)C)NC(=O)C1CCCC1C(=O)O. The Morgan fingerprint density at radius 3 is 2.30 bits per heavy atom. The summed E-state index contributed by atoms with van der Waals surface area (Å²) in [6.45, 7) is 3.94. The van der Waals surface area contributed by atoms with E-state index in [1.165, 1.54) is 7.05 Å². The third-order valence-electron chi connectivity index (χ3n) is 3.76. The summed E-state index contributed by atoms with van der Waals surface area (Å²) in [4.78, 5) is 35.1. The van der Waals surface area contributed by atoms with Crippen LogP contribution in [0.15, 0.2) is 0 Å². The highest BCUT2D eigenvalue weighted by atomic mass is 16.4. The van der Waals surface area contributed by atoms with E-state index in [1.807, 2.05) is 13.8 Å². The van der Waals surface area contributed by atoms with Crippen molar-refractivity contribution in [1.82, 2.24) is 10.6 Å². The molecule has 1 aliphatic rings. The molecule has 1 aliphatic carbocycles. The molecule has 0 aromatic heterocycles. The lowest BCUT2D eigenvalue weighted by atomic mass is 9.94. The molecule has 0 aromatic rings. The van der Waals surface area contributed by atoms with Crippen molar-refractivity contribution in [3.8, 4) is 0 Å². The first-order valence-electron chi connectivity index (χ1n) is 7.11. The molecule has 114 valence electrons. The fourth-order valence-electron chi connectivity index (χ4n) is 2.73. The van der Waals surface area contributed by atoms with Crippen LogP contribution in [-0.2, 0) is 14.4 Å². The minimum absolute atomic E-state index is 0.239. The first-order valence-corrected chi connectivity index (χ1v) is 7.11. The fourth-order valence-corrected chi connectivity index (χ4v) is 2.73. The molecule has 0 bridgehead atoms. The van der Waals surface area contributed by atoms with Crippen LogP contribution in [-0.4, -0.2) is 36.0 Å². The second-order valence-corrected chi connectivity index (χ2v) is 5.79. The number of hydrogen-bond donors (Lipinski definition) is 3. The van der Waals surface area contributed by atoms with Gasteiger partial charge in [0.2, 0.25) is 11.8 Å². The smallest absolute Gasteiger partial charge is 0.307 e. The van der Waals surface area contributed by atoms with Crippen LogP contribution in [0.2, 0.25) is 0 Å². The molecule has 0 spiro atoms. The van der Waals surface area contributed by atoms with Gasteiger partial charge >= 0.3 is 5.97 Å². The van der Waals surface area contributed by atoms with E-state index in [4.69, 9.17) is 5.11 Å². The maximum atomic E-state index is 12.2. The predicted molar refractivity (Wildman–Crippen MR) is 73.9 cm³/mol. The van der Waals surface area contributed by atoms with Crippen molar-refractivity contribution < 1.29 is 19.5 Å². The summed E-state index contributed by atoms with van der Waals surface area (Å²) in [5, 5.41) is 14.4. The van der Waals surface area contributed by atoms with Crippen molar-refractivity contribution in [2.45, 2.75) is 45.6 Å². The Labute approximate surface area is 119 Å². The van der Waals surface area contributed by atoms with Crippen LogP contribution >= 0.6 is 0 Å². The normalized spacial score (nSPS) is 23.4. The van der Waals surface area contributed by atoms with Crippen molar-refractivity contribution in [2.24, 2.45) is 17.8 Å². The van der Waals surface area contributed by atoms with Gasteiger partial charge in [-0.2, -0.15) is 0 Å². The van der Waals surface area contributed by atoms with Crippen molar-refractivity contribution in [1.29, 1.82) is 0 Å². The predicted octanol–water partition coefficient (Wildman–Crippen LogP) is 0.764. The topological polar surface area (TPSA) is 95.5 Å². The largest absolute Gasteiger partial charge is 0.481 e. The van der Waals surface area contributed by atoms with E-state index >= 15 is 0 Å². The molecule has 3 N–H and O–H groups in total. The molecule has 1 fully saturated rings. The van der Waals surface area contributed by atoms with E-state index in [0.29, 0.717) is 19.3 Å². The molecule has 0 radical (unpaired) electrons. The molecule has 1 saturated carbocycles. The van der Waals surface area contributed by atoms with Gasteiger partial charge in [-0.15, -0.1) is 0 Å². The Morgan fingerprint density at radius 2 is 1.80 bits per heavy atom. The van der Waals surface area contributed by atoms with Gasteiger partial charge in [0.05, 0.1) is 11.8 Å². The van der Waals surface area contributed by atoms with Gasteiger partial charge in [-0.1, -0.05) is 20.3 Å². The van der Waals surface area contributed by atoms with Crippen molar-refractivity contribution in [3.05, 3.63) is 0 Å². The van der Waals surface area contributed by atoms with Crippen LogP contribution in [0.3, 0.4) is 0 Å². The van der Waals surface area contributed by atoms with E-state index in [0.717, 1.165) is 6.42 Å². The molecule has 2 amide bonds. The van der Waals surface area contributed by atoms with Crippen molar-refractivity contribution in [3.63, 3.8) is 0 Å². The molecule has 1 rings (SSSR count). The highest BCUT2D eigenvalue weighted by molar-refractivity contribution is 5.90. The van der Waals surface area contributed by atoms with E-state index in [-0.39, 0.29) is 17.7 Å². The van der Waals surface area contributed by atoms with E-state index in [2.05, 4.69) is 10.6 Å². The van der Waals surface area contributed by atoms with Crippen LogP contribution in [0.1, 0.15) is 39.5 Å². The average molecular weight is 284 g/mol. The molecule has 0 aromatic carbocycles. The number of carbonyl (C=O) groups excluding carboxylic acids is 2. The highest BCUT2D eigenvalue weighted by Gasteiger charge is 2.38. The lowest BCUT2D eigenvalue weighted by Gasteiger charge is -2.22. The molecule has 20 heavy (non-hydrogen) atoms. The second-order valence-electron chi connectivity index (χ2n) is 5.79. The summed E-state index contributed by atoms with van der Waals surface area (Å²) in [5.74, 6) is -2.37. The molecule has 0 aliphatic heterocycles. The summed E-state index contributed by atoms with van der Waals surface area (Å²) >= 11 is 0. The standard InChI is InChI=1S/C14H24N2O4/c1-8(2)7-11(13(18)15-3)16-12(17)9-5-4-6-10(9)14(19)20/h8-11H,4-7H2,1-3H3,(H,15,18)(H,16,17)(H,19,20). The van der Waals surface area contributed by atoms with Gasteiger partial charge < -0.3 is 15.7 Å². The zero-order valence-electron chi connectivity index (χ0n) is 12.3. The maximum Gasteiger partial charge on any atom is 0.307 e. The van der Waals surface area contributed by atoms with Gasteiger partial charge in [0.25, 0.3) is 0 Å². The van der Waals surface area contributed by atoms with Gasteiger partial charge in [-0.05, 0) is 25.2 Å². The number of likely N-dealkylation sites (N-methyl/N-ethyl adjacent to an activating group) is 1. The Kier molecular flexibility index (Phi) is 5.98. The summed E-state index contributed by atoms with van der Waals surface area (Å²) in [6, 6.07) is -0.595. The summed E-state index contributed by atoms with van der Waals surface area (Å²) in [7, 11) is 1.53. The van der Waals surface area contributed by atoms with Crippen LogP contribution in [0.5, 0.6) is 0 Å². The lowest BCUT2D eigenvalue weighted by molar-refractivity contribution is -0.146. The lowest BCUT2D eigenvalue weighted by Crippen LogP contribution is -2.49. The van der Waals surface area contributed by atoms with Crippen LogP contribution < -0.4 is 10.6 Å². The third kappa shape index (κ3) is 4.21. The number of carboxylic acids is 1. The monoisotopic (exact) mass is 284 g/mol. The summed E-state index contributed by atoms with van der Waals surface area (Å²) < 4.78 is 0. The van der Waals surface area contributed by atoms with Gasteiger partial charge in [0.1, 0.15) is 6.04 Å². The molecule has 6 heteroatoms. The van der Waals surface area contributed by atoms with Gasteiger partial charge in [-0.25, -0.2) is 0 Å². The fraction of sp³-hybridized carbons (Fsp3) is 0.786. The number of carbonyl (C=O) groups is 3. The molecular weight excluding hydrogens is 260 g/mol. The maximum absolute atomic E-state index is 12.2. The molecule has 6 nitrogen and oxygen atoms in total.